The molecule has 0 unspecified atom stereocenters. The Hall–Kier alpha value is -2.89. The molecule has 0 atom stereocenters. The number of nitrogens with zero attached hydrogens (tertiary/aromatic N) is 3. The number of hydrogen-bond donors (Lipinski definition) is 2. The summed E-state index contributed by atoms with van der Waals surface area (Å²) in [5, 5.41) is 13.3. The lowest BCUT2D eigenvalue weighted by Crippen LogP contribution is -2.11. The van der Waals surface area contributed by atoms with E-state index in [2.05, 4.69) is 15.3 Å². The Morgan fingerprint density at radius 2 is 2.19 bits per heavy atom. The fourth-order valence-corrected chi connectivity index (χ4v) is 2.17. The van der Waals surface area contributed by atoms with E-state index >= 15 is 0 Å². The molecule has 0 aliphatic rings. The number of nitrogens with one attached hydrogen (secondary N) is 1. The number of pyridine rings is 1. The van der Waals surface area contributed by atoms with Crippen LogP contribution in [0.5, 0.6) is 0 Å². The highest BCUT2D eigenvalue weighted by Gasteiger charge is 2.10. The van der Waals surface area contributed by atoms with Gasteiger partial charge in [-0.25, -0.2) is 14.8 Å². The zero-order valence-corrected chi connectivity index (χ0v) is 11.2. The van der Waals surface area contributed by atoms with Gasteiger partial charge >= 0.3 is 5.97 Å². The van der Waals surface area contributed by atoms with Gasteiger partial charge in [0.2, 0.25) is 0 Å². The molecule has 0 saturated carbocycles. The van der Waals surface area contributed by atoms with Crippen molar-refractivity contribution in [3.63, 3.8) is 0 Å². The van der Waals surface area contributed by atoms with E-state index in [-0.39, 0.29) is 5.69 Å². The second-order valence-electron chi connectivity index (χ2n) is 4.60. The molecule has 0 saturated heterocycles. The first kappa shape index (κ1) is 13.1. The summed E-state index contributed by atoms with van der Waals surface area (Å²) in [5.41, 5.74) is 1.49. The molecule has 21 heavy (non-hydrogen) atoms. The minimum atomic E-state index is -1.03. The number of carbonyl (C=O) groups is 1. The molecule has 0 aliphatic heterocycles. The van der Waals surface area contributed by atoms with Crippen molar-refractivity contribution in [2.75, 3.05) is 11.9 Å². The third kappa shape index (κ3) is 2.84. The predicted octanol–water partition coefficient (Wildman–Crippen LogP) is 2.24. The van der Waals surface area contributed by atoms with E-state index in [4.69, 9.17) is 5.11 Å². The van der Waals surface area contributed by atoms with Crippen LogP contribution >= 0.6 is 0 Å². The molecule has 3 rings (SSSR count). The maximum Gasteiger partial charge on any atom is 0.354 e. The Morgan fingerprint density at radius 3 is 2.95 bits per heavy atom. The molecule has 1 aromatic carbocycles. The number of imidazole rings is 1. The normalized spacial score (nSPS) is 10.7. The summed E-state index contributed by atoms with van der Waals surface area (Å²) in [6.07, 6.45) is 5.36. The first-order chi connectivity index (χ1) is 10.2. The number of carboxylic acids is 1. The Bertz CT molecular complexity index is 768. The van der Waals surface area contributed by atoms with E-state index < -0.39 is 5.97 Å². The summed E-state index contributed by atoms with van der Waals surface area (Å²) in [5.74, 6) is -1.03. The molecular formula is C15H14N4O2. The van der Waals surface area contributed by atoms with Crippen LogP contribution in [-0.2, 0) is 6.54 Å². The zero-order chi connectivity index (χ0) is 14.7. The van der Waals surface area contributed by atoms with E-state index in [1.165, 1.54) is 0 Å². The zero-order valence-electron chi connectivity index (χ0n) is 11.2. The molecule has 2 N–H and O–H groups in total. The van der Waals surface area contributed by atoms with Gasteiger partial charge in [0.1, 0.15) is 0 Å². The number of fused-ring (bicyclic) bond motifs is 1. The van der Waals surface area contributed by atoms with Gasteiger partial charge in [-0.05, 0) is 12.1 Å². The lowest BCUT2D eigenvalue weighted by Gasteiger charge is -2.11. The molecule has 6 nitrogen and oxygen atoms in total. The van der Waals surface area contributed by atoms with Gasteiger partial charge < -0.3 is 15.0 Å². The first-order valence-electron chi connectivity index (χ1n) is 6.57. The van der Waals surface area contributed by atoms with Crippen molar-refractivity contribution in [2.24, 2.45) is 0 Å². The molecular weight excluding hydrogens is 268 g/mol. The van der Waals surface area contributed by atoms with Crippen molar-refractivity contribution in [1.82, 2.24) is 14.5 Å². The molecule has 106 valence electrons. The van der Waals surface area contributed by atoms with E-state index in [1.54, 1.807) is 18.6 Å². The number of para-hydroxylation sites is 1. The van der Waals surface area contributed by atoms with E-state index in [9.17, 15) is 4.79 Å². The van der Waals surface area contributed by atoms with Gasteiger partial charge in [0.25, 0.3) is 0 Å². The van der Waals surface area contributed by atoms with Gasteiger partial charge in [0.05, 0.1) is 11.8 Å². The minimum Gasteiger partial charge on any atom is -0.477 e. The van der Waals surface area contributed by atoms with Crippen LogP contribution in [0.2, 0.25) is 0 Å². The van der Waals surface area contributed by atoms with E-state index in [1.807, 2.05) is 35.0 Å². The maximum atomic E-state index is 11.2. The predicted molar refractivity (Wildman–Crippen MR) is 79.4 cm³/mol. The number of benzene rings is 1. The molecule has 0 spiro atoms. The third-order valence-electron chi connectivity index (χ3n) is 3.18. The molecule has 0 bridgehead atoms. The maximum absolute atomic E-state index is 11.2. The largest absolute Gasteiger partial charge is 0.477 e. The van der Waals surface area contributed by atoms with Crippen molar-refractivity contribution in [3.8, 4) is 0 Å². The second-order valence-corrected chi connectivity index (χ2v) is 4.60. The molecule has 0 radical (unpaired) electrons. The van der Waals surface area contributed by atoms with Crippen LogP contribution < -0.4 is 5.32 Å². The van der Waals surface area contributed by atoms with Crippen molar-refractivity contribution in [2.45, 2.75) is 6.54 Å². The lowest BCUT2D eigenvalue weighted by molar-refractivity contribution is 0.0691. The quantitative estimate of drug-likeness (QED) is 0.750. The summed E-state index contributed by atoms with van der Waals surface area (Å²) < 4.78 is 1.95. The number of hydrogen-bond acceptors (Lipinski definition) is 4. The van der Waals surface area contributed by atoms with Crippen molar-refractivity contribution in [1.29, 1.82) is 0 Å². The molecule has 0 fully saturated rings. The Labute approximate surface area is 121 Å². The number of rotatable bonds is 5. The third-order valence-corrected chi connectivity index (χ3v) is 3.18. The van der Waals surface area contributed by atoms with E-state index in [0.29, 0.717) is 12.1 Å². The lowest BCUT2D eigenvalue weighted by atomic mass is 10.1. The average molecular weight is 282 g/mol. The van der Waals surface area contributed by atoms with Crippen LogP contribution in [0.25, 0.3) is 10.9 Å². The molecule has 6 heteroatoms. The van der Waals surface area contributed by atoms with Crippen molar-refractivity contribution >= 4 is 22.6 Å². The first-order valence-corrected chi connectivity index (χ1v) is 6.57. The number of anilines is 1. The molecule has 0 amide bonds. The van der Waals surface area contributed by atoms with Gasteiger partial charge in [-0.3, -0.25) is 0 Å². The summed E-state index contributed by atoms with van der Waals surface area (Å²) in [6.45, 7) is 1.42. The van der Waals surface area contributed by atoms with Gasteiger partial charge in [0, 0.05) is 36.6 Å². The monoisotopic (exact) mass is 282 g/mol. The van der Waals surface area contributed by atoms with Gasteiger partial charge in [0.15, 0.2) is 5.69 Å². The van der Waals surface area contributed by atoms with Gasteiger partial charge in [-0.2, -0.15) is 0 Å². The Morgan fingerprint density at radius 1 is 1.33 bits per heavy atom. The van der Waals surface area contributed by atoms with Crippen LogP contribution in [0.3, 0.4) is 0 Å². The summed E-state index contributed by atoms with van der Waals surface area (Å²) in [7, 11) is 0. The highest BCUT2D eigenvalue weighted by atomic mass is 16.4. The van der Waals surface area contributed by atoms with E-state index in [0.717, 1.165) is 17.6 Å². The van der Waals surface area contributed by atoms with Crippen LogP contribution in [0.4, 0.5) is 5.69 Å². The number of aromatic carboxylic acids is 1. The minimum absolute atomic E-state index is 0.0406. The fourth-order valence-electron chi connectivity index (χ4n) is 2.17. The van der Waals surface area contributed by atoms with Crippen LogP contribution in [0.15, 0.2) is 49.1 Å². The number of aromatic nitrogens is 3. The van der Waals surface area contributed by atoms with Crippen molar-refractivity contribution < 1.29 is 9.90 Å². The smallest absolute Gasteiger partial charge is 0.354 e. The Kier molecular flexibility index (Phi) is 3.51. The molecule has 2 aromatic heterocycles. The topological polar surface area (TPSA) is 80.0 Å². The second kappa shape index (κ2) is 5.62. The van der Waals surface area contributed by atoms with Gasteiger partial charge in [-0.15, -0.1) is 0 Å². The molecule has 2 heterocycles. The highest BCUT2D eigenvalue weighted by molar-refractivity contribution is 5.97. The summed E-state index contributed by atoms with van der Waals surface area (Å²) in [4.78, 5) is 19.3. The molecule has 0 aliphatic carbocycles. The standard InChI is InChI=1S/C15H14N4O2/c20-15(21)14-9-13(11-3-1-2-4-12(11)18-14)17-6-8-19-7-5-16-10-19/h1-5,7,9-10H,6,8H2,(H,17,18)(H,20,21). The fraction of sp³-hybridized carbons (Fsp3) is 0.133. The SMILES string of the molecule is O=C(O)c1cc(NCCn2ccnc2)c2ccccc2n1. The van der Waals surface area contributed by atoms with Crippen LogP contribution in [-0.4, -0.2) is 32.2 Å². The van der Waals surface area contributed by atoms with Gasteiger partial charge in [-0.1, -0.05) is 18.2 Å². The summed E-state index contributed by atoms with van der Waals surface area (Å²) in [6, 6.07) is 9.05. The average Bonchev–Trinajstić information content (AvgIpc) is 3.00. The molecule has 3 aromatic rings. The highest BCUT2D eigenvalue weighted by Crippen LogP contribution is 2.23. The van der Waals surface area contributed by atoms with Crippen molar-refractivity contribution in [3.05, 3.63) is 54.7 Å². The van der Waals surface area contributed by atoms with Crippen LogP contribution in [0, 0.1) is 0 Å². The Balaban J connectivity index is 1.87. The number of carboxylic acid groups (broad SMARTS) is 1. The van der Waals surface area contributed by atoms with Crippen LogP contribution in [0.1, 0.15) is 10.5 Å². The summed E-state index contributed by atoms with van der Waals surface area (Å²) >= 11 is 0.